The SMILES string of the molecule is Nc1cc(OCc2ccc(Cl)cc2)cc(C(=O)O)c1O. The molecule has 0 bridgehead atoms. The maximum atomic E-state index is 11.0. The molecule has 0 radical (unpaired) electrons. The number of nitrogen functional groups attached to an aromatic ring is 1. The van der Waals surface area contributed by atoms with Gasteiger partial charge in [-0.15, -0.1) is 0 Å². The number of rotatable bonds is 4. The lowest BCUT2D eigenvalue weighted by atomic mass is 10.1. The predicted octanol–water partition coefficient (Wildman–Crippen LogP) is 2.91. The second-order valence-electron chi connectivity index (χ2n) is 4.13. The molecule has 0 aliphatic heterocycles. The number of aromatic carboxylic acids is 1. The van der Waals surface area contributed by atoms with Crippen LogP contribution >= 0.6 is 11.6 Å². The van der Waals surface area contributed by atoms with Crippen molar-refractivity contribution >= 4 is 23.3 Å². The summed E-state index contributed by atoms with van der Waals surface area (Å²) in [7, 11) is 0. The van der Waals surface area contributed by atoms with E-state index in [1.807, 2.05) is 0 Å². The van der Waals surface area contributed by atoms with E-state index in [-0.39, 0.29) is 23.6 Å². The number of benzene rings is 2. The Morgan fingerprint density at radius 2 is 1.90 bits per heavy atom. The molecule has 5 nitrogen and oxygen atoms in total. The minimum Gasteiger partial charge on any atom is -0.505 e. The second-order valence-corrected chi connectivity index (χ2v) is 4.57. The van der Waals surface area contributed by atoms with Gasteiger partial charge < -0.3 is 20.7 Å². The van der Waals surface area contributed by atoms with Gasteiger partial charge in [0.15, 0.2) is 5.75 Å². The van der Waals surface area contributed by atoms with Crippen LogP contribution in [0.4, 0.5) is 5.69 Å². The maximum Gasteiger partial charge on any atom is 0.339 e. The zero-order chi connectivity index (χ0) is 14.7. The van der Waals surface area contributed by atoms with E-state index in [0.29, 0.717) is 5.02 Å². The Labute approximate surface area is 120 Å². The molecular weight excluding hydrogens is 282 g/mol. The Balaban J connectivity index is 2.17. The van der Waals surface area contributed by atoms with Crippen molar-refractivity contribution in [2.24, 2.45) is 0 Å². The monoisotopic (exact) mass is 293 g/mol. The fraction of sp³-hybridized carbons (Fsp3) is 0.0714. The van der Waals surface area contributed by atoms with Gasteiger partial charge in [0.2, 0.25) is 0 Å². The van der Waals surface area contributed by atoms with E-state index in [9.17, 15) is 9.90 Å². The number of ether oxygens (including phenoxy) is 1. The van der Waals surface area contributed by atoms with E-state index in [1.165, 1.54) is 12.1 Å². The van der Waals surface area contributed by atoms with Crippen molar-refractivity contribution in [2.45, 2.75) is 6.61 Å². The maximum absolute atomic E-state index is 11.0. The number of nitrogens with two attached hydrogens (primary N) is 1. The Morgan fingerprint density at radius 1 is 1.25 bits per heavy atom. The van der Waals surface area contributed by atoms with Crippen LogP contribution in [0.1, 0.15) is 15.9 Å². The number of carbonyl (C=O) groups is 1. The van der Waals surface area contributed by atoms with Gasteiger partial charge in [0, 0.05) is 11.1 Å². The number of carboxylic acids is 1. The molecule has 6 heteroatoms. The summed E-state index contributed by atoms with van der Waals surface area (Å²) < 4.78 is 5.46. The molecule has 2 rings (SSSR count). The lowest BCUT2D eigenvalue weighted by molar-refractivity contribution is 0.0693. The highest BCUT2D eigenvalue weighted by atomic mass is 35.5. The average molecular weight is 294 g/mol. The molecule has 0 amide bonds. The number of hydrogen-bond donors (Lipinski definition) is 3. The topological polar surface area (TPSA) is 92.8 Å². The highest BCUT2D eigenvalue weighted by Gasteiger charge is 2.14. The summed E-state index contributed by atoms with van der Waals surface area (Å²) in [5, 5.41) is 19.1. The summed E-state index contributed by atoms with van der Waals surface area (Å²) in [6.45, 7) is 0.237. The van der Waals surface area contributed by atoms with Crippen LogP contribution in [0.15, 0.2) is 36.4 Å². The first kappa shape index (κ1) is 14.0. The van der Waals surface area contributed by atoms with Crippen molar-refractivity contribution in [1.29, 1.82) is 0 Å². The van der Waals surface area contributed by atoms with Gasteiger partial charge >= 0.3 is 5.97 Å². The van der Waals surface area contributed by atoms with Gasteiger partial charge in [0.05, 0.1) is 5.69 Å². The van der Waals surface area contributed by atoms with Crippen molar-refractivity contribution in [3.63, 3.8) is 0 Å². The first-order valence-electron chi connectivity index (χ1n) is 5.70. The number of hydrogen-bond acceptors (Lipinski definition) is 4. The van der Waals surface area contributed by atoms with Crippen molar-refractivity contribution in [3.05, 3.63) is 52.5 Å². The van der Waals surface area contributed by atoms with Gasteiger partial charge in [0.25, 0.3) is 0 Å². The fourth-order valence-electron chi connectivity index (χ4n) is 1.62. The van der Waals surface area contributed by atoms with Crippen LogP contribution in [0.2, 0.25) is 5.02 Å². The summed E-state index contributed by atoms with van der Waals surface area (Å²) in [5.41, 5.74) is 6.07. The lowest BCUT2D eigenvalue weighted by Crippen LogP contribution is -2.02. The third-order valence-electron chi connectivity index (χ3n) is 2.66. The van der Waals surface area contributed by atoms with Crippen LogP contribution in [0, 0.1) is 0 Å². The van der Waals surface area contributed by atoms with Gasteiger partial charge in [-0.2, -0.15) is 0 Å². The molecule has 0 heterocycles. The minimum absolute atomic E-state index is 0.0454. The Morgan fingerprint density at radius 3 is 2.50 bits per heavy atom. The molecule has 0 atom stereocenters. The van der Waals surface area contributed by atoms with Gasteiger partial charge in [-0.05, 0) is 23.8 Å². The smallest absolute Gasteiger partial charge is 0.339 e. The Kier molecular flexibility index (Phi) is 4.00. The first-order valence-corrected chi connectivity index (χ1v) is 6.08. The molecular formula is C14H12ClNO4. The summed E-state index contributed by atoms with van der Waals surface area (Å²) in [4.78, 5) is 11.0. The number of halogens is 1. The minimum atomic E-state index is -1.27. The molecule has 20 heavy (non-hydrogen) atoms. The molecule has 0 aliphatic carbocycles. The first-order chi connectivity index (χ1) is 9.47. The second kappa shape index (κ2) is 5.71. The van der Waals surface area contributed by atoms with Crippen molar-refractivity contribution in [1.82, 2.24) is 0 Å². The van der Waals surface area contributed by atoms with E-state index < -0.39 is 11.7 Å². The lowest BCUT2D eigenvalue weighted by Gasteiger charge is -2.10. The van der Waals surface area contributed by atoms with Crippen LogP contribution in [0.25, 0.3) is 0 Å². The van der Waals surface area contributed by atoms with Crippen LogP contribution in [0.3, 0.4) is 0 Å². The molecule has 0 fully saturated rings. The Bertz CT molecular complexity index is 640. The highest BCUT2D eigenvalue weighted by Crippen LogP contribution is 2.30. The molecule has 0 saturated carbocycles. The average Bonchev–Trinajstić information content (AvgIpc) is 2.41. The zero-order valence-corrected chi connectivity index (χ0v) is 11.1. The molecule has 0 aromatic heterocycles. The predicted molar refractivity (Wildman–Crippen MR) is 75.3 cm³/mol. The van der Waals surface area contributed by atoms with Crippen molar-refractivity contribution in [2.75, 3.05) is 5.73 Å². The van der Waals surface area contributed by atoms with E-state index in [2.05, 4.69) is 0 Å². The van der Waals surface area contributed by atoms with Crippen LogP contribution < -0.4 is 10.5 Å². The van der Waals surface area contributed by atoms with Crippen LogP contribution in [-0.2, 0) is 6.61 Å². The van der Waals surface area contributed by atoms with Gasteiger partial charge in [-0.1, -0.05) is 23.7 Å². The highest BCUT2D eigenvalue weighted by molar-refractivity contribution is 6.30. The van der Waals surface area contributed by atoms with Crippen molar-refractivity contribution < 1.29 is 19.7 Å². The summed E-state index contributed by atoms with van der Waals surface area (Å²) in [6.07, 6.45) is 0. The van der Waals surface area contributed by atoms with Crippen LogP contribution in [0.5, 0.6) is 11.5 Å². The van der Waals surface area contributed by atoms with Gasteiger partial charge in [-0.25, -0.2) is 4.79 Å². The quantitative estimate of drug-likeness (QED) is 0.595. The Hall–Kier alpha value is -2.40. The van der Waals surface area contributed by atoms with Crippen LogP contribution in [-0.4, -0.2) is 16.2 Å². The molecule has 0 aliphatic rings. The fourth-order valence-corrected chi connectivity index (χ4v) is 1.75. The van der Waals surface area contributed by atoms with E-state index in [0.717, 1.165) is 5.56 Å². The zero-order valence-electron chi connectivity index (χ0n) is 10.3. The third-order valence-corrected chi connectivity index (χ3v) is 2.91. The van der Waals surface area contributed by atoms with Crippen molar-refractivity contribution in [3.8, 4) is 11.5 Å². The molecule has 104 valence electrons. The summed E-state index contributed by atoms with van der Waals surface area (Å²) >= 11 is 5.77. The molecule has 0 saturated heterocycles. The number of anilines is 1. The van der Waals surface area contributed by atoms with Gasteiger partial charge in [0.1, 0.15) is 17.9 Å². The molecule has 0 unspecified atom stereocenters. The van der Waals surface area contributed by atoms with E-state index in [1.54, 1.807) is 24.3 Å². The summed E-state index contributed by atoms with van der Waals surface area (Å²) in [5.74, 6) is -1.46. The molecule has 2 aromatic carbocycles. The molecule has 4 N–H and O–H groups in total. The standard InChI is InChI=1S/C14H12ClNO4/c15-9-3-1-8(2-4-9)7-20-10-5-11(14(18)19)13(17)12(16)6-10/h1-6,17H,7,16H2,(H,18,19). The summed E-state index contributed by atoms with van der Waals surface area (Å²) in [6, 6.07) is 9.65. The van der Waals surface area contributed by atoms with E-state index in [4.69, 9.17) is 27.2 Å². The van der Waals surface area contributed by atoms with Gasteiger partial charge in [-0.3, -0.25) is 0 Å². The van der Waals surface area contributed by atoms with E-state index >= 15 is 0 Å². The number of aromatic hydroxyl groups is 1. The molecule has 2 aromatic rings. The largest absolute Gasteiger partial charge is 0.505 e. The molecule has 0 spiro atoms. The number of carboxylic acid groups (broad SMARTS) is 1. The number of phenols is 1. The normalized spacial score (nSPS) is 10.2. The third kappa shape index (κ3) is 3.13.